The van der Waals surface area contributed by atoms with Gasteiger partial charge in [-0.25, -0.2) is 0 Å². The maximum absolute atomic E-state index is 5.42. The molecule has 2 aromatic rings. The number of benzene rings is 2. The summed E-state index contributed by atoms with van der Waals surface area (Å²) in [5.41, 5.74) is 6.33. The lowest BCUT2D eigenvalue weighted by Crippen LogP contribution is -1.82. The van der Waals surface area contributed by atoms with E-state index in [4.69, 9.17) is 6.42 Å². The van der Waals surface area contributed by atoms with Crippen molar-refractivity contribution < 1.29 is 0 Å². The topological polar surface area (TPSA) is 0 Å². The summed E-state index contributed by atoms with van der Waals surface area (Å²) >= 11 is 3.51. The standard InChI is InChI=1S/C15H9Br/c1-2-10-3-5-14-11(7-10)8-12-9-13(16)4-6-15(12)14/h1,3-7,9H,8H2. The van der Waals surface area contributed by atoms with Crippen molar-refractivity contribution in [3.8, 4) is 23.5 Å². The molecular formula is C15H9Br. The fourth-order valence-electron chi connectivity index (χ4n) is 2.27. The molecular weight excluding hydrogens is 260 g/mol. The van der Waals surface area contributed by atoms with Gasteiger partial charge in [0.25, 0.3) is 0 Å². The van der Waals surface area contributed by atoms with E-state index >= 15 is 0 Å². The van der Waals surface area contributed by atoms with Crippen LogP contribution in [0.25, 0.3) is 11.1 Å². The fraction of sp³-hybridized carbons (Fsp3) is 0.0667. The highest BCUT2D eigenvalue weighted by atomic mass is 79.9. The summed E-state index contributed by atoms with van der Waals surface area (Å²) in [7, 11) is 0. The van der Waals surface area contributed by atoms with Crippen molar-refractivity contribution in [2.75, 3.05) is 0 Å². The molecule has 0 fully saturated rings. The average molecular weight is 269 g/mol. The molecule has 3 rings (SSSR count). The van der Waals surface area contributed by atoms with E-state index in [1.54, 1.807) is 0 Å². The molecule has 0 bridgehead atoms. The van der Waals surface area contributed by atoms with Crippen molar-refractivity contribution in [3.05, 3.63) is 57.6 Å². The van der Waals surface area contributed by atoms with E-state index in [0.29, 0.717) is 0 Å². The van der Waals surface area contributed by atoms with E-state index < -0.39 is 0 Å². The van der Waals surface area contributed by atoms with Crippen molar-refractivity contribution in [3.63, 3.8) is 0 Å². The lowest BCUT2D eigenvalue weighted by Gasteiger charge is -2.01. The number of halogens is 1. The quantitative estimate of drug-likeness (QED) is 0.541. The molecule has 2 aromatic carbocycles. The zero-order valence-electron chi connectivity index (χ0n) is 8.63. The highest BCUT2D eigenvalue weighted by Gasteiger charge is 2.18. The third-order valence-electron chi connectivity index (χ3n) is 3.01. The van der Waals surface area contributed by atoms with E-state index in [1.807, 2.05) is 6.07 Å². The van der Waals surface area contributed by atoms with Crippen LogP contribution in [0.2, 0.25) is 0 Å². The molecule has 1 aliphatic carbocycles. The molecule has 0 nitrogen and oxygen atoms in total. The van der Waals surface area contributed by atoms with Crippen LogP contribution in [0.5, 0.6) is 0 Å². The van der Waals surface area contributed by atoms with Gasteiger partial charge in [-0.3, -0.25) is 0 Å². The van der Waals surface area contributed by atoms with Gasteiger partial charge in [-0.05, 0) is 52.9 Å². The molecule has 0 saturated heterocycles. The second kappa shape index (κ2) is 3.50. The maximum atomic E-state index is 5.42. The summed E-state index contributed by atoms with van der Waals surface area (Å²) in [6.07, 6.45) is 6.40. The summed E-state index contributed by atoms with van der Waals surface area (Å²) in [5, 5.41) is 0. The molecule has 76 valence electrons. The summed E-state index contributed by atoms with van der Waals surface area (Å²) in [6, 6.07) is 12.7. The maximum Gasteiger partial charge on any atom is 0.0245 e. The van der Waals surface area contributed by atoms with Crippen LogP contribution in [0.3, 0.4) is 0 Å². The van der Waals surface area contributed by atoms with Crippen LogP contribution in [0.15, 0.2) is 40.9 Å². The number of hydrogen-bond acceptors (Lipinski definition) is 0. The Kier molecular flexibility index (Phi) is 2.12. The highest BCUT2D eigenvalue weighted by Crippen LogP contribution is 2.38. The number of rotatable bonds is 0. The van der Waals surface area contributed by atoms with E-state index in [9.17, 15) is 0 Å². The smallest absolute Gasteiger partial charge is 0.0245 e. The molecule has 0 N–H and O–H groups in total. The van der Waals surface area contributed by atoms with E-state index in [-0.39, 0.29) is 0 Å². The van der Waals surface area contributed by atoms with Gasteiger partial charge in [-0.1, -0.05) is 34.0 Å². The Morgan fingerprint density at radius 2 is 1.69 bits per heavy atom. The largest absolute Gasteiger partial charge is 0.115 e. The predicted octanol–water partition coefficient (Wildman–Crippen LogP) is 4.00. The SMILES string of the molecule is C#Cc1ccc2c(c1)Cc1cc(Br)ccc1-2. The lowest BCUT2D eigenvalue weighted by molar-refractivity contribution is 1.26. The predicted molar refractivity (Wildman–Crippen MR) is 70.3 cm³/mol. The Bertz CT molecular complexity index is 618. The molecule has 0 atom stereocenters. The number of terminal acetylenes is 1. The third kappa shape index (κ3) is 1.38. The lowest BCUT2D eigenvalue weighted by atomic mass is 10.0. The Hall–Kier alpha value is -1.52. The van der Waals surface area contributed by atoms with Crippen LogP contribution in [-0.2, 0) is 6.42 Å². The minimum atomic E-state index is 0.964. The van der Waals surface area contributed by atoms with Crippen LogP contribution in [0.4, 0.5) is 0 Å². The van der Waals surface area contributed by atoms with E-state index in [1.165, 1.54) is 22.3 Å². The molecule has 0 spiro atoms. The van der Waals surface area contributed by atoms with Crippen molar-refractivity contribution in [1.82, 2.24) is 0 Å². The van der Waals surface area contributed by atoms with Gasteiger partial charge in [0.05, 0.1) is 0 Å². The van der Waals surface area contributed by atoms with Crippen LogP contribution in [0, 0.1) is 12.3 Å². The first-order valence-electron chi connectivity index (χ1n) is 5.16. The van der Waals surface area contributed by atoms with Crippen molar-refractivity contribution >= 4 is 15.9 Å². The molecule has 0 saturated carbocycles. The molecule has 0 amide bonds. The monoisotopic (exact) mass is 268 g/mol. The van der Waals surface area contributed by atoms with Gasteiger partial charge in [-0.2, -0.15) is 0 Å². The first-order valence-corrected chi connectivity index (χ1v) is 5.95. The van der Waals surface area contributed by atoms with Crippen LogP contribution in [-0.4, -0.2) is 0 Å². The van der Waals surface area contributed by atoms with Gasteiger partial charge in [0.2, 0.25) is 0 Å². The van der Waals surface area contributed by atoms with Gasteiger partial charge < -0.3 is 0 Å². The van der Waals surface area contributed by atoms with Crippen LogP contribution >= 0.6 is 15.9 Å². The first kappa shape index (κ1) is 9.69. The summed E-state index contributed by atoms with van der Waals surface area (Å²) in [5.74, 6) is 2.69. The molecule has 1 aliphatic rings. The van der Waals surface area contributed by atoms with Crippen LogP contribution < -0.4 is 0 Å². The molecule has 0 unspecified atom stereocenters. The van der Waals surface area contributed by atoms with Gasteiger partial charge in [0.15, 0.2) is 0 Å². The zero-order valence-corrected chi connectivity index (χ0v) is 10.2. The van der Waals surface area contributed by atoms with Gasteiger partial charge in [0.1, 0.15) is 0 Å². The molecule has 16 heavy (non-hydrogen) atoms. The zero-order chi connectivity index (χ0) is 11.1. The van der Waals surface area contributed by atoms with Crippen molar-refractivity contribution in [2.45, 2.75) is 6.42 Å². The number of hydrogen-bond donors (Lipinski definition) is 0. The van der Waals surface area contributed by atoms with E-state index in [2.05, 4.69) is 52.2 Å². The molecule has 0 aliphatic heterocycles. The van der Waals surface area contributed by atoms with Crippen LogP contribution in [0.1, 0.15) is 16.7 Å². The average Bonchev–Trinajstić information content (AvgIpc) is 2.64. The molecule has 1 heteroatoms. The first-order chi connectivity index (χ1) is 7.78. The van der Waals surface area contributed by atoms with E-state index in [0.717, 1.165) is 16.5 Å². The Morgan fingerprint density at radius 3 is 2.44 bits per heavy atom. The van der Waals surface area contributed by atoms with Gasteiger partial charge in [-0.15, -0.1) is 6.42 Å². The Balaban J connectivity index is 2.21. The van der Waals surface area contributed by atoms with Gasteiger partial charge >= 0.3 is 0 Å². The van der Waals surface area contributed by atoms with Crippen molar-refractivity contribution in [2.24, 2.45) is 0 Å². The second-order valence-corrected chi connectivity index (χ2v) is 4.91. The minimum absolute atomic E-state index is 0.964. The summed E-state index contributed by atoms with van der Waals surface area (Å²) < 4.78 is 1.14. The Labute approximate surface area is 103 Å². The molecule has 0 heterocycles. The minimum Gasteiger partial charge on any atom is -0.115 e. The molecule has 0 radical (unpaired) electrons. The normalized spacial score (nSPS) is 11.8. The third-order valence-corrected chi connectivity index (χ3v) is 3.50. The molecule has 0 aromatic heterocycles. The number of fused-ring (bicyclic) bond motifs is 3. The van der Waals surface area contributed by atoms with Crippen molar-refractivity contribution in [1.29, 1.82) is 0 Å². The summed E-state index contributed by atoms with van der Waals surface area (Å²) in [4.78, 5) is 0. The Morgan fingerprint density at radius 1 is 1.00 bits per heavy atom. The summed E-state index contributed by atoms with van der Waals surface area (Å²) in [6.45, 7) is 0. The fourth-order valence-corrected chi connectivity index (χ4v) is 2.68. The highest BCUT2D eigenvalue weighted by molar-refractivity contribution is 9.10. The second-order valence-electron chi connectivity index (χ2n) is 3.99. The van der Waals surface area contributed by atoms with Gasteiger partial charge in [0, 0.05) is 10.0 Å².